The predicted molar refractivity (Wildman–Crippen MR) is 82.4 cm³/mol. The quantitative estimate of drug-likeness (QED) is 0.329. The number of nitrogens with one attached hydrogen (secondary N) is 1. The molecule has 0 radical (unpaired) electrons. The van der Waals surface area contributed by atoms with Gasteiger partial charge in [0.25, 0.3) is 0 Å². The first-order chi connectivity index (χ1) is 10.6. The average molecular weight is 351 g/mol. The van der Waals surface area contributed by atoms with E-state index in [0.717, 1.165) is 11.8 Å². The minimum Gasteiger partial charge on any atom is -0.480 e. The van der Waals surface area contributed by atoms with E-state index in [2.05, 4.69) is 5.32 Å². The van der Waals surface area contributed by atoms with E-state index < -0.39 is 23.9 Å². The lowest BCUT2D eigenvalue weighted by Gasteiger charge is -2.01. The first kappa shape index (κ1) is 23.1. The third-order valence-corrected chi connectivity index (χ3v) is 2.90. The molecule has 0 bridgehead atoms. The molecular weight excluding hydrogens is 330 g/mol. The maximum atomic E-state index is 10.8. The molecule has 0 saturated heterocycles. The van der Waals surface area contributed by atoms with Crippen molar-refractivity contribution in [3.05, 3.63) is 0 Å². The van der Waals surface area contributed by atoms with Crippen molar-refractivity contribution >= 4 is 40.6 Å². The van der Waals surface area contributed by atoms with Gasteiger partial charge in [-0.3, -0.25) is 24.0 Å². The number of nitrogens with two attached hydrogens (primary N) is 2. The third-order valence-electron chi connectivity index (χ3n) is 2.09. The van der Waals surface area contributed by atoms with Crippen molar-refractivity contribution in [1.82, 2.24) is 5.32 Å². The second kappa shape index (κ2) is 13.5. The summed E-state index contributed by atoms with van der Waals surface area (Å²) >= 11 is 1.05. The van der Waals surface area contributed by atoms with Gasteiger partial charge in [-0.15, -0.1) is 0 Å². The fraction of sp³-hybridized carbons (Fsp3) is 0.583. The normalized spacial score (nSPS) is 10.7. The summed E-state index contributed by atoms with van der Waals surface area (Å²) in [6.45, 7) is 1.05. The molecule has 0 aromatic carbocycles. The highest BCUT2D eigenvalue weighted by molar-refractivity contribution is 8.13. The summed E-state index contributed by atoms with van der Waals surface area (Å²) in [5, 5.41) is 18.6. The molecule has 0 unspecified atom stereocenters. The largest absolute Gasteiger partial charge is 0.480 e. The zero-order chi connectivity index (χ0) is 18.4. The summed E-state index contributed by atoms with van der Waals surface area (Å²) in [4.78, 5) is 51.4. The molecule has 10 nitrogen and oxygen atoms in total. The Bertz CT molecular complexity index is 442. The summed E-state index contributed by atoms with van der Waals surface area (Å²) in [6, 6.07) is -0.979. The van der Waals surface area contributed by atoms with Crippen molar-refractivity contribution in [3.63, 3.8) is 0 Å². The first-order valence-corrected chi connectivity index (χ1v) is 7.43. The van der Waals surface area contributed by atoms with Gasteiger partial charge < -0.3 is 27.0 Å². The summed E-state index contributed by atoms with van der Waals surface area (Å²) < 4.78 is 0. The van der Waals surface area contributed by atoms with Gasteiger partial charge in [0.1, 0.15) is 12.6 Å². The molecule has 0 aliphatic heterocycles. The highest BCUT2D eigenvalue weighted by Crippen LogP contribution is 2.02. The van der Waals surface area contributed by atoms with Crippen molar-refractivity contribution in [1.29, 1.82) is 0 Å². The van der Waals surface area contributed by atoms with Gasteiger partial charge >= 0.3 is 11.9 Å². The Morgan fingerprint density at radius 1 is 1.13 bits per heavy atom. The summed E-state index contributed by atoms with van der Waals surface area (Å²) in [5.74, 6) is -2.68. The third kappa shape index (κ3) is 19.9. The van der Waals surface area contributed by atoms with Crippen LogP contribution in [0.15, 0.2) is 0 Å². The van der Waals surface area contributed by atoms with E-state index in [1.54, 1.807) is 0 Å². The van der Waals surface area contributed by atoms with Crippen LogP contribution in [0.4, 0.5) is 0 Å². The molecular formula is C12H21N3O7S. The highest BCUT2D eigenvalue weighted by Gasteiger charge is 2.11. The van der Waals surface area contributed by atoms with Crippen LogP contribution in [0.5, 0.6) is 0 Å². The van der Waals surface area contributed by atoms with Gasteiger partial charge in [0.15, 0.2) is 5.12 Å². The van der Waals surface area contributed by atoms with E-state index in [-0.39, 0.29) is 36.8 Å². The lowest BCUT2D eigenvalue weighted by atomic mass is 10.2. The van der Waals surface area contributed by atoms with E-state index in [1.165, 1.54) is 6.92 Å². The number of carbonyl (C=O) groups is 5. The summed E-state index contributed by atoms with van der Waals surface area (Å²) in [7, 11) is 0. The van der Waals surface area contributed by atoms with Gasteiger partial charge in [0.2, 0.25) is 11.8 Å². The second-order valence-corrected chi connectivity index (χ2v) is 5.48. The highest BCUT2D eigenvalue weighted by atomic mass is 32.2. The van der Waals surface area contributed by atoms with Crippen LogP contribution in [0.1, 0.15) is 26.2 Å². The number of carboxylic acid groups (broad SMARTS) is 2. The predicted octanol–water partition coefficient (Wildman–Crippen LogP) is -1.48. The maximum Gasteiger partial charge on any atom is 0.322 e. The monoisotopic (exact) mass is 351 g/mol. The number of rotatable bonds is 9. The fourth-order valence-electron chi connectivity index (χ4n) is 0.971. The molecule has 7 N–H and O–H groups in total. The van der Waals surface area contributed by atoms with Crippen molar-refractivity contribution in [2.24, 2.45) is 11.5 Å². The smallest absolute Gasteiger partial charge is 0.322 e. The van der Waals surface area contributed by atoms with Crippen LogP contribution in [0.2, 0.25) is 0 Å². The van der Waals surface area contributed by atoms with E-state index >= 15 is 0 Å². The van der Waals surface area contributed by atoms with Crippen LogP contribution in [0.25, 0.3) is 0 Å². The lowest BCUT2D eigenvalue weighted by molar-refractivity contribution is -0.139. The molecule has 0 aliphatic rings. The second-order valence-electron chi connectivity index (χ2n) is 4.21. The van der Waals surface area contributed by atoms with Crippen LogP contribution in [0.3, 0.4) is 0 Å². The Morgan fingerprint density at radius 2 is 1.70 bits per heavy atom. The zero-order valence-electron chi connectivity index (χ0n) is 12.6. The number of hydrogen-bond donors (Lipinski definition) is 5. The van der Waals surface area contributed by atoms with Crippen LogP contribution >= 0.6 is 11.8 Å². The topological polar surface area (TPSA) is 190 Å². The molecule has 1 atom stereocenters. The molecule has 2 amide bonds. The molecule has 0 rings (SSSR count). The van der Waals surface area contributed by atoms with Gasteiger partial charge in [-0.1, -0.05) is 11.8 Å². The molecule has 0 saturated carbocycles. The Kier molecular flexibility index (Phi) is 13.6. The molecule has 23 heavy (non-hydrogen) atoms. The average Bonchev–Trinajstić information content (AvgIpc) is 2.42. The van der Waals surface area contributed by atoms with Crippen molar-refractivity contribution in [3.8, 4) is 0 Å². The molecule has 0 heterocycles. The summed E-state index contributed by atoms with van der Waals surface area (Å²) in [6.07, 6.45) is 0.287. The van der Waals surface area contributed by atoms with E-state index in [1.807, 2.05) is 0 Å². The van der Waals surface area contributed by atoms with E-state index in [4.69, 9.17) is 21.7 Å². The Balaban J connectivity index is 0. The molecule has 0 spiro atoms. The van der Waals surface area contributed by atoms with Gasteiger partial charge in [-0.05, 0) is 6.42 Å². The Hall–Kier alpha value is -2.14. The van der Waals surface area contributed by atoms with Crippen LogP contribution in [0, 0.1) is 0 Å². The standard InChI is InChI=1S/C7H11NO4S.C5H10N2O3/c1-5(9)13-3-2-6(10)8-4-7(11)12;6-3(5(9)10)1-2-4(7)8/h2-4H2,1H3,(H,8,10)(H,11,12);3H,1-2,6H2,(H2,7,8)(H,9,10)/t;3-/m.0/s1. The van der Waals surface area contributed by atoms with Crippen molar-refractivity contribution in [2.45, 2.75) is 32.2 Å². The number of aliphatic carboxylic acids is 2. The van der Waals surface area contributed by atoms with Crippen LogP contribution < -0.4 is 16.8 Å². The maximum absolute atomic E-state index is 10.8. The SMILES string of the molecule is CC(=O)SCCC(=O)NCC(=O)O.NC(=O)CC[C@H](N)C(=O)O. The minimum absolute atomic E-state index is 0.0213. The number of hydrogen-bond acceptors (Lipinski definition) is 7. The lowest BCUT2D eigenvalue weighted by Crippen LogP contribution is -2.31. The minimum atomic E-state index is -1.11. The number of primary amides is 1. The first-order valence-electron chi connectivity index (χ1n) is 6.44. The van der Waals surface area contributed by atoms with Gasteiger partial charge in [-0.2, -0.15) is 0 Å². The molecule has 0 aromatic heterocycles. The molecule has 132 valence electrons. The van der Waals surface area contributed by atoms with Gasteiger partial charge in [0, 0.05) is 25.5 Å². The number of amides is 2. The molecule has 0 aromatic rings. The van der Waals surface area contributed by atoms with Crippen molar-refractivity contribution < 1.29 is 34.2 Å². The summed E-state index contributed by atoms with van der Waals surface area (Å²) in [5.41, 5.74) is 9.81. The Labute approximate surface area is 137 Å². The van der Waals surface area contributed by atoms with E-state index in [0.29, 0.717) is 5.75 Å². The molecule has 11 heteroatoms. The number of carboxylic acids is 2. The fourth-order valence-corrected chi connectivity index (χ4v) is 1.55. The molecule has 0 aliphatic carbocycles. The van der Waals surface area contributed by atoms with E-state index in [9.17, 15) is 24.0 Å². The van der Waals surface area contributed by atoms with Crippen LogP contribution in [-0.4, -0.2) is 57.4 Å². The van der Waals surface area contributed by atoms with Gasteiger partial charge in [0.05, 0.1) is 0 Å². The number of carbonyl (C=O) groups excluding carboxylic acids is 3. The van der Waals surface area contributed by atoms with Crippen molar-refractivity contribution in [2.75, 3.05) is 12.3 Å². The number of thioether (sulfide) groups is 1. The van der Waals surface area contributed by atoms with Gasteiger partial charge in [-0.25, -0.2) is 0 Å². The van der Waals surface area contributed by atoms with Crippen LogP contribution in [-0.2, 0) is 24.0 Å². The Morgan fingerprint density at radius 3 is 2.09 bits per heavy atom. The zero-order valence-corrected chi connectivity index (χ0v) is 13.4. The molecule has 0 fully saturated rings.